The van der Waals surface area contributed by atoms with Gasteiger partial charge in [-0.2, -0.15) is 0 Å². The fourth-order valence-corrected chi connectivity index (χ4v) is 2.48. The van der Waals surface area contributed by atoms with Crippen molar-refractivity contribution in [1.29, 1.82) is 0 Å². The lowest BCUT2D eigenvalue weighted by Crippen LogP contribution is -2.17. The second-order valence-corrected chi connectivity index (χ2v) is 5.10. The Morgan fingerprint density at radius 3 is 2.82 bits per heavy atom. The minimum Gasteiger partial charge on any atom is -0.344 e. The SMILES string of the molecule is CCn1c(CNC2CC2)cc2ccc(C)cc21. The molecule has 0 amide bonds. The van der Waals surface area contributed by atoms with E-state index in [2.05, 4.69) is 48.0 Å². The number of nitrogens with zero attached hydrogens (tertiary/aromatic N) is 1. The molecule has 1 N–H and O–H groups in total. The van der Waals surface area contributed by atoms with Gasteiger partial charge in [0.25, 0.3) is 0 Å². The number of rotatable bonds is 4. The molecule has 1 aromatic heterocycles. The molecule has 0 bridgehead atoms. The van der Waals surface area contributed by atoms with Crippen LogP contribution in [0.5, 0.6) is 0 Å². The molecule has 1 aliphatic carbocycles. The molecule has 0 radical (unpaired) electrons. The van der Waals surface area contributed by atoms with E-state index in [9.17, 15) is 0 Å². The fraction of sp³-hybridized carbons (Fsp3) is 0.467. The third-order valence-corrected chi connectivity index (χ3v) is 3.61. The summed E-state index contributed by atoms with van der Waals surface area (Å²) >= 11 is 0. The van der Waals surface area contributed by atoms with Crippen LogP contribution in [-0.2, 0) is 13.1 Å². The molecule has 90 valence electrons. The summed E-state index contributed by atoms with van der Waals surface area (Å²) in [5.41, 5.74) is 4.13. The van der Waals surface area contributed by atoms with Crippen LogP contribution in [0.2, 0.25) is 0 Å². The Morgan fingerprint density at radius 2 is 2.12 bits per heavy atom. The predicted octanol–water partition coefficient (Wildman–Crippen LogP) is 3.22. The summed E-state index contributed by atoms with van der Waals surface area (Å²) in [7, 11) is 0. The summed E-state index contributed by atoms with van der Waals surface area (Å²) in [6.07, 6.45) is 2.71. The van der Waals surface area contributed by atoms with Gasteiger partial charge in [-0.1, -0.05) is 12.1 Å². The number of hydrogen-bond acceptors (Lipinski definition) is 1. The zero-order valence-electron chi connectivity index (χ0n) is 10.7. The molecule has 1 saturated carbocycles. The van der Waals surface area contributed by atoms with Gasteiger partial charge >= 0.3 is 0 Å². The average Bonchev–Trinajstić information content (AvgIpc) is 3.08. The highest BCUT2D eigenvalue weighted by Crippen LogP contribution is 2.23. The highest BCUT2D eigenvalue weighted by Gasteiger charge is 2.20. The largest absolute Gasteiger partial charge is 0.344 e. The van der Waals surface area contributed by atoms with E-state index >= 15 is 0 Å². The van der Waals surface area contributed by atoms with Gasteiger partial charge in [0, 0.05) is 30.3 Å². The van der Waals surface area contributed by atoms with Crippen molar-refractivity contribution in [3.63, 3.8) is 0 Å². The summed E-state index contributed by atoms with van der Waals surface area (Å²) in [5.74, 6) is 0. The van der Waals surface area contributed by atoms with Crippen LogP contribution in [-0.4, -0.2) is 10.6 Å². The molecule has 2 aromatic rings. The van der Waals surface area contributed by atoms with Crippen LogP contribution in [0.25, 0.3) is 10.9 Å². The number of aromatic nitrogens is 1. The molecule has 1 fully saturated rings. The zero-order valence-corrected chi connectivity index (χ0v) is 10.7. The summed E-state index contributed by atoms with van der Waals surface area (Å²) in [5, 5.41) is 4.97. The smallest absolute Gasteiger partial charge is 0.0485 e. The van der Waals surface area contributed by atoms with Crippen molar-refractivity contribution in [2.45, 2.75) is 45.8 Å². The maximum Gasteiger partial charge on any atom is 0.0485 e. The van der Waals surface area contributed by atoms with Gasteiger partial charge in [-0.25, -0.2) is 0 Å². The average molecular weight is 228 g/mol. The molecule has 0 aliphatic heterocycles. The summed E-state index contributed by atoms with van der Waals surface area (Å²) < 4.78 is 2.43. The minimum absolute atomic E-state index is 0.778. The first-order chi connectivity index (χ1) is 8.28. The van der Waals surface area contributed by atoms with Crippen LogP contribution in [0.3, 0.4) is 0 Å². The van der Waals surface area contributed by atoms with Gasteiger partial charge in [0.2, 0.25) is 0 Å². The van der Waals surface area contributed by atoms with E-state index < -0.39 is 0 Å². The molecule has 2 nitrogen and oxygen atoms in total. The molecule has 17 heavy (non-hydrogen) atoms. The third-order valence-electron chi connectivity index (χ3n) is 3.61. The number of hydrogen-bond donors (Lipinski definition) is 1. The number of aryl methyl sites for hydroxylation is 2. The first kappa shape index (κ1) is 10.8. The molecule has 0 unspecified atom stereocenters. The van der Waals surface area contributed by atoms with E-state index in [-0.39, 0.29) is 0 Å². The van der Waals surface area contributed by atoms with Crippen molar-refractivity contribution in [1.82, 2.24) is 9.88 Å². The summed E-state index contributed by atoms with van der Waals surface area (Å²) in [4.78, 5) is 0. The van der Waals surface area contributed by atoms with Crippen LogP contribution in [0.15, 0.2) is 24.3 Å². The van der Waals surface area contributed by atoms with E-state index in [0.717, 1.165) is 19.1 Å². The van der Waals surface area contributed by atoms with Crippen LogP contribution >= 0.6 is 0 Å². The van der Waals surface area contributed by atoms with Crippen LogP contribution in [0.1, 0.15) is 31.0 Å². The molecule has 2 heteroatoms. The van der Waals surface area contributed by atoms with E-state index in [4.69, 9.17) is 0 Å². The van der Waals surface area contributed by atoms with E-state index in [1.165, 1.54) is 35.0 Å². The topological polar surface area (TPSA) is 17.0 Å². The molecular formula is C15H20N2. The molecule has 0 saturated heterocycles. The number of benzene rings is 1. The Hall–Kier alpha value is -1.28. The molecule has 3 rings (SSSR count). The van der Waals surface area contributed by atoms with Crippen molar-refractivity contribution < 1.29 is 0 Å². The summed E-state index contributed by atoms with van der Waals surface area (Å²) in [6.45, 7) is 6.44. The monoisotopic (exact) mass is 228 g/mol. The maximum atomic E-state index is 3.60. The van der Waals surface area contributed by atoms with Crippen molar-refractivity contribution in [3.05, 3.63) is 35.5 Å². The molecule has 0 spiro atoms. The van der Waals surface area contributed by atoms with Gasteiger partial charge in [0.05, 0.1) is 0 Å². The summed E-state index contributed by atoms with van der Waals surface area (Å²) in [6, 6.07) is 9.82. The van der Waals surface area contributed by atoms with Crippen molar-refractivity contribution in [2.75, 3.05) is 0 Å². The first-order valence-corrected chi connectivity index (χ1v) is 6.60. The van der Waals surface area contributed by atoms with Crippen LogP contribution in [0.4, 0.5) is 0 Å². The van der Waals surface area contributed by atoms with E-state index in [0.29, 0.717) is 0 Å². The van der Waals surface area contributed by atoms with Crippen molar-refractivity contribution in [3.8, 4) is 0 Å². The maximum absolute atomic E-state index is 3.60. The molecule has 0 atom stereocenters. The Bertz CT molecular complexity index is 535. The Morgan fingerprint density at radius 1 is 1.29 bits per heavy atom. The van der Waals surface area contributed by atoms with Crippen LogP contribution < -0.4 is 5.32 Å². The van der Waals surface area contributed by atoms with Crippen molar-refractivity contribution >= 4 is 10.9 Å². The van der Waals surface area contributed by atoms with Crippen molar-refractivity contribution in [2.24, 2.45) is 0 Å². The lowest BCUT2D eigenvalue weighted by molar-refractivity contribution is 0.634. The van der Waals surface area contributed by atoms with Gasteiger partial charge in [-0.15, -0.1) is 0 Å². The van der Waals surface area contributed by atoms with Gasteiger partial charge in [-0.3, -0.25) is 0 Å². The molecular weight excluding hydrogens is 208 g/mol. The minimum atomic E-state index is 0.778. The third kappa shape index (κ3) is 2.09. The zero-order chi connectivity index (χ0) is 11.8. The Kier molecular flexibility index (Phi) is 2.67. The van der Waals surface area contributed by atoms with Gasteiger partial charge < -0.3 is 9.88 Å². The lowest BCUT2D eigenvalue weighted by atomic mass is 10.2. The van der Waals surface area contributed by atoms with Gasteiger partial charge in [0.15, 0.2) is 0 Å². The van der Waals surface area contributed by atoms with Gasteiger partial charge in [0.1, 0.15) is 0 Å². The van der Waals surface area contributed by atoms with E-state index in [1.54, 1.807) is 0 Å². The Labute approximate surface area is 103 Å². The number of nitrogens with one attached hydrogen (secondary N) is 1. The quantitative estimate of drug-likeness (QED) is 0.850. The second-order valence-electron chi connectivity index (χ2n) is 5.10. The fourth-order valence-electron chi connectivity index (χ4n) is 2.48. The highest BCUT2D eigenvalue weighted by molar-refractivity contribution is 5.82. The number of fused-ring (bicyclic) bond motifs is 1. The van der Waals surface area contributed by atoms with Crippen LogP contribution in [0, 0.1) is 6.92 Å². The molecule has 1 aliphatic rings. The molecule has 1 heterocycles. The van der Waals surface area contributed by atoms with Gasteiger partial charge in [-0.05, 0) is 49.8 Å². The predicted molar refractivity (Wildman–Crippen MR) is 72.2 cm³/mol. The second kappa shape index (κ2) is 4.19. The normalized spacial score (nSPS) is 15.6. The first-order valence-electron chi connectivity index (χ1n) is 6.60. The molecule has 1 aromatic carbocycles. The Balaban J connectivity index is 1.97. The highest BCUT2D eigenvalue weighted by atomic mass is 15.0. The van der Waals surface area contributed by atoms with E-state index in [1.807, 2.05) is 0 Å². The standard InChI is InChI=1S/C15H20N2/c1-3-17-14(10-16-13-6-7-13)9-12-5-4-11(2)8-15(12)17/h4-5,8-9,13,16H,3,6-7,10H2,1-2H3. The lowest BCUT2D eigenvalue weighted by Gasteiger charge is -2.08.